The first-order valence-corrected chi connectivity index (χ1v) is 8.95. The number of carbonyl (C=O) groups is 1. The van der Waals surface area contributed by atoms with Crippen molar-refractivity contribution in [3.8, 4) is 0 Å². The van der Waals surface area contributed by atoms with E-state index in [2.05, 4.69) is 40.5 Å². The fraction of sp³-hybridized carbons (Fsp3) is 0.632. The van der Waals surface area contributed by atoms with Crippen molar-refractivity contribution in [1.29, 1.82) is 0 Å². The van der Waals surface area contributed by atoms with Gasteiger partial charge in [0, 0.05) is 39.1 Å². The average Bonchev–Trinajstić information content (AvgIpc) is 3.24. The van der Waals surface area contributed by atoms with E-state index in [1.54, 1.807) is 0 Å². The molecule has 1 N–H and O–H groups in total. The largest absolute Gasteiger partial charge is 0.341 e. The highest BCUT2D eigenvalue weighted by Crippen LogP contribution is 2.20. The number of hydrogen-bond donors (Lipinski definition) is 1. The van der Waals surface area contributed by atoms with Crippen molar-refractivity contribution in [2.75, 3.05) is 33.2 Å². The lowest BCUT2D eigenvalue weighted by molar-refractivity contribution is -0.132. The fourth-order valence-corrected chi connectivity index (χ4v) is 3.78. The van der Waals surface area contributed by atoms with E-state index in [9.17, 15) is 4.79 Å². The third-order valence-corrected chi connectivity index (χ3v) is 5.37. The van der Waals surface area contributed by atoms with Gasteiger partial charge in [0.05, 0.1) is 0 Å². The van der Waals surface area contributed by atoms with E-state index in [0.29, 0.717) is 24.3 Å². The predicted molar refractivity (Wildman–Crippen MR) is 93.1 cm³/mol. The van der Waals surface area contributed by atoms with E-state index in [4.69, 9.17) is 0 Å². The molecule has 3 rings (SSSR count). The zero-order chi connectivity index (χ0) is 16.1. The van der Waals surface area contributed by atoms with Crippen LogP contribution in [0.3, 0.4) is 0 Å². The van der Waals surface area contributed by atoms with Crippen molar-refractivity contribution < 1.29 is 4.79 Å². The van der Waals surface area contributed by atoms with Crippen molar-refractivity contribution in [2.24, 2.45) is 5.92 Å². The van der Waals surface area contributed by atoms with Crippen LogP contribution in [-0.4, -0.2) is 55.0 Å². The Hall–Kier alpha value is -1.39. The summed E-state index contributed by atoms with van der Waals surface area (Å²) in [5, 5.41) is 3.38. The third-order valence-electron chi connectivity index (χ3n) is 5.37. The maximum absolute atomic E-state index is 12.4. The van der Waals surface area contributed by atoms with Gasteiger partial charge in [0.1, 0.15) is 0 Å². The zero-order valence-corrected chi connectivity index (χ0v) is 14.2. The van der Waals surface area contributed by atoms with Gasteiger partial charge in [-0.3, -0.25) is 9.69 Å². The molecular formula is C19H29N3O. The Kier molecular flexibility index (Phi) is 5.68. The molecule has 0 aromatic heterocycles. The number of rotatable bonds is 6. The molecule has 23 heavy (non-hydrogen) atoms. The first-order valence-electron chi connectivity index (χ1n) is 8.95. The lowest BCUT2D eigenvalue weighted by Crippen LogP contribution is -2.39. The van der Waals surface area contributed by atoms with E-state index in [1.165, 1.54) is 12.0 Å². The number of amides is 1. The normalized spacial score (nSPS) is 24.9. The van der Waals surface area contributed by atoms with E-state index < -0.39 is 0 Å². The molecule has 4 nitrogen and oxygen atoms in total. The number of likely N-dealkylation sites (tertiary alicyclic amines) is 1. The quantitative estimate of drug-likeness (QED) is 0.873. The van der Waals surface area contributed by atoms with Crippen LogP contribution in [0.25, 0.3) is 0 Å². The summed E-state index contributed by atoms with van der Waals surface area (Å²) in [7, 11) is 1.99. The van der Waals surface area contributed by atoms with Crippen molar-refractivity contribution in [3.63, 3.8) is 0 Å². The van der Waals surface area contributed by atoms with Crippen LogP contribution < -0.4 is 5.32 Å². The standard InChI is InChI=1S/C19H29N3O/c1-21(19(23)8-7-16-9-11-20-13-16)18-10-12-22(15-18)14-17-5-3-2-4-6-17/h2-6,16,18,20H,7-15H2,1H3. The highest BCUT2D eigenvalue weighted by molar-refractivity contribution is 5.76. The molecule has 1 aromatic carbocycles. The molecule has 0 bridgehead atoms. The molecule has 2 atom stereocenters. The lowest BCUT2D eigenvalue weighted by atomic mass is 10.0. The summed E-state index contributed by atoms with van der Waals surface area (Å²) in [6.45, 7) is 5.29. The maximum Gasteiger partial charge on any atom is 0.222 e. The van der Waals surface area contributed by atoms with Crippen molar-refractivity contribution >= 4 is 5.91 Å². The Labute approximate surface area is 139 Å². The van der Waals surface area contributed by atoms with Gasteiger partial charge in [-0.2, -0.15) is 0 Å². The number of nitrogens with one attached hydrogen (secondary N) is 1. The van der Waals surface area contributed by atoms with Crippen LogP contribution in [0.1, 0.15) is 31.2 Å². The highest BCUT2D eigenvalue weighted by atomic mass is 16.2. The minimum Gasteiger partial charge on any atom is -0.341 e. The first-order chi connectivity index (χ1) is 11.2. The number of likely N-dealkylation sites (N-methyl/N-ethyl adjacent to an activating group) is 1. The van der Waals surface area contributed by atoms with Gasteiger partial charge in [0.25, 0.3) is 0 Å². The highest BCUT2D eigenvalue weighted by Gasteiger charge is 2.28. The van der Waals surface area contributed by atoms with Crippen LogP contribution in [0.15, 0.2) is 30.3 Å². The maximum atomic E-state index is 12.4. The Morgan fingerprint density at radius 2 is 2.13 bits per heavy atom. The number of benzene rings is 1. The van der Waals surface area contributed by atoms with Gasteiger partial charge in [-0.1, -0.05) is 30.3 Å². The summed E-state index contributed by atoms with van der Waals surface area (Å²) >= 11 is 0. The molecule has 4 heteroatoms. The molecule has 2 aliphatic heterocycles. The van der Waals surface area contributed by atoms with Crippen molar-refractivity contribution in [2.45, 2.75) is 38.3 Å². The SMILES string of the molecule is CN(C(=O)CCC1CCNC1)C1CCN(Cc2ccccc2)C1. The van der Waals surface area contributed by atoms with Crippen LogP contribution in [0.4, 0.5) is 0 Å². The van der Waals surface area contributed by atoms with E-state index >= 15 is 0 Å². The Bertz CT molecular complexity index is 499. The summed E-state index contributed by atoms with van der Waals surface area (Å²) < 4.78 is 0. The van der Waals surface area contributed by atoms with Crippen LogP contribution >= 0.6 is 0 Å². The average molecular weight is 315 g/mol. The molecule has 2 fully saturated rings. The molecule has 2 aliphatic rings. The second kappa shape index (κ2) is 7.93. The number of hydrogen-bond acceptors (Lipinski definition) is 3. The summed E-state index contributed by atoms with van der Waals surface area (Å²) in [6.07, 6.45) is 4.07. The molecule has 2 heterocycles. The Morgan fingerprint density at radius 1 is 1.30 bits per heavy atom. The van der Waals surface area contributed by atoms with Crippen LogP contribution in [-0.2, 0) is 11.3 Å². The Morgan fingerprint density at radius 3 is 2.87 bits per heavy atom. The van der Waals surface area contributed by atoms with Crippen LogP contribution in [0.2, 0.25) is 0 Å². The molecular weight excluding hydrogens is 286 g/mol. The van der Waals surface area contributed by atoms with Gasteiger partial charge in [-0.15, -0.1) is 0 Å². The van der Waals surface area contributed by atoms with Gasteiger partial charge in [0.2, 0.25) is 5.91 Å². The second-order valence-electron chi connectivity index (χ2n) is 7.07. The molecule has 2 saturated heterocycles. The molecule has 126 valence electrons. The molecule has 1 amide bonds. The molecule has 0 saturated carbocycles. The van der Waals surface area contributed by atoms with Gasteiger partial charge in [0.15, 0.2) is 0 Å². The van der Waals surface area contributed by atoms with Gasteiger partial charge >= 0.3 is 0 Å². The van der Waals surface area contributed by atoms with Gasteiger partial charge in [-0.05, 0) is 43.8 Å². The predicted octanol–water partition coefficient (Wildman–Crippen LogP) is 2.11. The summed E-state index contributed by atoms with van der Waals surface area (Å²) in [6, 6.07) is 11.0. The lowest BCUT2D eigenvalue weighted by Gasteiger charge is -2.25. The molecule has 2 unspecified atom stereocenters. The smallest absolute Gasteiger partial charge is 0.222 e. The van der Waals surface area contributed by atoms with Crippen molar-refractivity contribution in [3.05, 3.63) is 35.9 Å². The summed E-state index contributed by atoms with van der Waals surface area (Å²) in [5.41, 5.74) is 1.36. The van der Waals surface area contributed by atoms with Crippen molar-refractivity contribution in [1.82, 2.24) is 15.1 Å². The van der Waals surface area contributed by atoms with Gasteiger partial charge in [-0.25, -0.2) is 0 Å². The minimum absolute atomic E-state index is 0.323. The molecule has 0 radical (unpaired) electrons. The second-order valence-corrected chi connectivity index (χ2v) is 7.07. The first kappa shape index (κ1) is 16.5. The monoisotopic (exact) mass is 315 g/mol. The molecule has 0 spiro atoms. The minimum atomic E-state index is 0.323. The molecule has 1 aromatic rings. The van der Waals surface area contributed by atoms with E-state index in [1.807, 2.05) is 11.9 Å². The van der Waals surface area contributed by atoms with Crippen LogP contribution in [0.5, 0.6) is 0 Å². The number of nitrogens with zero attached hydrogens (tertiary/aromatic N) is 2. The Balaban J connectivity index is 1.43. The van der Waals surface area contributed by atoms with E-state index in [0.717, 1.165) is 45.6 Å². The third kappa shape index (κ3) is 4.55. The summed E-state index contributed by atoms with van der Waals surface area (Å²) in [4.78, 5) is 16.9. The summed E-state index contributed by atoms with van der Waals surface area (Å²) in [5.74, 6) is 1.02. The van der Waals surface area contributed by atoms with Gasteiger partial charge < -0.3 is 10.2 Å². The van der Waals surface area contributed by atoms with E-state index in [-0.39, 0.29) is 0 Å². The molecule has 0 aliphatic carbocycles. The fourth-order valence-electron chi connectivity index (χ4n) is 3.78. The zero-order valence-electron chi connectivity index (χ0n) is 14.2. The topological polar surface area (TPSA) is 35.6 Å². The number of carbonyl (C=O) groups excluding carboxylic acids is 1. The van der Waals surface area contributed by atoms with Crippen LogP contribution in [0, 0.1) is 5.92 Å².